The Morgan fingerprint density at radius 1 is 0.469 bits per heavy atom. The van der Waals surface area contributed by atoms with Gasteiger partial charge in [0.25, 0.3) is 0 Å². The molecule has 2 unspecified atom stereocenters. The normalized spacial score (nSPS) is 16.9. The van der Waals surface area contributed by atoms with Crippen LogP contribution in [0.25, 0.3) is 56.7 Å². The van der Waals surface area contributed by atoms with Gasteiger partial charge in [0.2, 0.25) is 0 Å². The third kappa shape index (κ3) is 8.31. The Kier molecular flexibility index (Phi) is 13.4. The van der Waals surface area contributed by atoms with Crippen LogP contribution in [0.2, 0.25) is 13.1 Å². The number of unbranched alkanes of at least 4 members (excludes halogenated alkanes) is 2. The number of hydrogen-bond donors (Lipinski definition) is 0. The first-order chi connectivity index (χ1) is 30.5. The summed E-state index contributed by atoms with van der Waals surface area (Å²) in [5, 5.41) is 0. The third-order valence-corrected chi connectivity index (χ3v) is 66.5. The predicted molar refractivity (Wildman–Crippen MR) is 283 cm³/mol. The average Bonchev–Trinajstić information content (AvgIpc) is 3.87. The van der Waals surface area contributed by atoms with Crippen molar-refractivity contribution in [3.05, 3.63) is 178 Å². The van der Waals surface area contributed by atoms with Gasteiger partial charge in [-0.05, 0) is 0 Å². The van der Waals surface area contributed by atoms with Crippen LogP contribution in [0.4, 0.5) is 0 Å². The molecular formula is C60H69Cl2SiZr. The maximum absolute atomic E-state index is 9.21. The summed E-state index contributed by atoms with van der Waals surface area (Å²) in [6.45, 7) is 23.9. The van der Waals surface area contributed by atoms with E-state index in [-0.39, 0.29) is 18.1 Å². The van der Waals surface area contributed by atoms with Gasteiger partial charge in [-0.25, -0.2) is 0 Å². The molecule has 0 saturated heterocycles. The molecule has 0 aromatic heterocycles. The Bertz CT molecular complexity index is 2540. The van der Waals surface area contributed by atoms with E-state index in [1.165, 1.54) is 89.0 Å². The molecule has 331 valence electrons. The van der Waals surface area contributed by atoms with E-state index in [1.807, 2.05) is 0 Å². The van der Waals surface area contributed by atoms with Gasteiger partial charge in [-0.1, -0.05) is 0 Å². The molecule has 2 aliphatic carbocycles. The Hall–Kier alpha value is -3.52. The van der Waals surface area contributed by atoms with Crippen LogP contribution in [0, 0.1) is 0 Å². The zero-order chi connectivity index (χ0) is 45.6. The van der Waals surface area contributed by atoms with Gasteiger partial charge in [-0.3, -0.25) is 0 Å². The fourth-order valence-corrected chi connectivity index (χ4v) is 42.8. The summed E-state index contributed by atoms with van der Waals surface area (Å²) >= 11 is -5.18. The summed E-state index contributed by atoms with van der Waals surface area (Å²) < 4.78 is 0.0518. The molecule has 0 heterocycles. The Labute approximate surface area is 395 Å². The van der Waals surface area contributed by atoms with Gasteiger partial charge in [-0.15, -0.1) is 0 Å². The molecule has 8 rings (SSSR count). The fourth-order valence-electron chi connectivity index (χ4n) is 11.3. The fraction of sp³-hybridized carbons (Fsp3) is 0.333. The van der Waals surface area contributed by atoms with E-state index in [2.05, 4.69) is 214 Å². The van der Waals surface area contributed by atoms with Crippen molar-refractivity contribution in [3.63, 3.8) is 0 Å². The first-order valence-electron chi connectivity index (χ1n) is 24.1. The van der Waals surface area contributed by atoms with Crippen molar-refractivity contribution in [1.82, 2.24) is 0 Å². The molecule has 0 nitrogen and oxygen atoms in total. The summed E-state index contributed by atoms with van der Waals surface area (Å²) in [5.74, 6) is -1.81. The van der Waals surface area contributed by atoms with E-state index in [0.29, 0.717) is 0 Å². The zero-order valence-corrected chi connectivity index (χ0v) is 45.2. The monoisotopic (exact) mass is 977 g/mol. The molecule has 0 N–H and O–H groups in total. The van der Waals surface area contributed by atoms with Crippen LogP contribution in [0.1, 0.15) is 135 Å². The molecule has 2 aliphatic rings. The van der Waals surface area contributed by atoms with Crippen LogP contribution >= 0.6 is 17.0 Å². The summed E-state index contributed by atoms with van der Waals surface area (Å²) in [6, 6.07) is 49.9. The molecule has 64 heavy (non-hydrogen) atoms. The predicted octanol–water partition coefficient (Wildman–Crippen LogP) is 18.9. The van der Waals surface area contributed by atoms with Gasteiger partial charge < -0.3 is 0 Å². The minimum atomic E-state index is -5.18. The summed E-state index contributed by atoms with van der Waals surface area (Å²) in [4.78, 5) is 0. The minimum absolute atomic E-state index is 0.0259. The van der Waals surface area contributed by atoms with Crippen LogP contribution in [0.3, 0.4) is 0 Å². The maximum atomic E-state index is 9.21. The molecule has 4 heteroatoms. The van der Waals surface area contributed by atoms with Crippen molar-refractivity contribution in [2.45, 2.75) is 125 Å². The summed E-state index contributed by atoms with van der Waals surface area (Å²) in [7, 11) is 18.4. The number of allylic oxidation sites excluding steroid dienone is 2. The second kappa shape index (κ2) is 18.3. The molecule has 0 aliphatic heterocycles. The molecule has 0 amide bonds. The van der Waals surface area contributed by atoms with Gasteiger partial charge in [0.05, 0.1) is 0 Å². The number of halogens is 2. The molecule has 0 radical (unpaired) electrons. The van der Waals surface area contributed by atoms with Gasteiger partial charge in [0.1, 0.15) is 0 Å². The first-order valence-corrected chi connectivity index (χ1v) is 40.4. The van der Waals surface area contributed by atoms with Gasteiger partial charge in [-0.2, -0.15) is 0 Å². The Balaban J connectivity index is 1.43. The van der Waals surface area contributed by atoms with Crippen molar-refractivity contribution >= 4 is 35.1 Å². The van der Waals surface area contributed by atoms with Gasteiger partial charge in [0.15, 0.2) is 0 Å². The van der Waals surface area contributed by atoms with E-state index in [0.717, 1.165) is 38.5 Å². The van der Waals surface area contributed by atoms with Crippen molar-refractivity contribution in [2.24, 2.45) is 0 Å². The van der Waals surface area contributed by atoms with E-state index < -0.39 is 21.5 Å². The van der Waals surface area contributed by atoms with E-state index in [1.54, 1.807) is 0 Å². The Morgan fingerprint density at radius 3 is 1.14 bits per heavy atom. The van der Waals surface area contributed by atoms with Gasteiger partial charge in [0, 0.05) is 0 Å². The standard InChI is InChI=1S/2C29H31.C2H7Si.2ClH.Zr/c2*1-5-6-12-21-19-23-17-18-27(29(2,3)4)28(26(23)20-21)25-16-11-10-15-24(25)22-13-8-7-9-14-22;1-3-2;;;/h2*7-11,13-20H,5-6,12H2,1-4H3;3H,1-2H3;2*1H;/q;;;;;+2/p-2. The zero-order valence-electron chi connectivity index (χ0n) is 40.1. The number of rotatable bonds is 13. The molecule has 2 atom stereocenters. The van der Waals surface area contributed by atoms with Crippen LogP contribution in [-0.2, 0) is 26.4 Å². The van der Waals surface area contributed by atoms with Crippen LogP contribution in [0.5, 0.6) is 0 Å². The molecule has 0 saturated carbocycles. The van der Waals surface area contributed by atoms with Gasteiger partial charge >= 0.3 is 398 Å². The topological polar surface area (TPSA) is 0 Å². The van der Waals surface area contributed by atoms with Crippen molar-refractivity contribution < 1.29 is 15.6 Å². The average molecular weight is 980 g/mol. The SMILES string of the molecule is CCCCC1=Cc2c(ccc(C(C)(C)C)c2-c2ccccc2-c2ccccc2)[CH]1[Zr]([Cl])([Cl])([CH]1C(CCCC)=Cc2c1ccc(C(C)(C)C)c2-c1ccccc1-c1ccccc1)[SiH](C)C. The molecule has 0 fully saturated rings. The third-order valence-electron chi connectivity index (χ3n) is 14.6. The molecule has 0 bridgehead atoms. The van der Waals surface area contributed by atoms with E-state index in [9.17, 15) is 17.0 Å². The number of fused-ring (bicyclic) bond motifs is 2. The second-order valence-corrected chi connectivity index (χ2v) is 63.7. The van der Waals surface area contributed by atoms with E-state index in [4.69, 9.17) is 0 Å². The quantitative estimate of drug-likeness (QED) is 0.101. The van der Waals surface area contributed by atoms with Crippen LogP contribution in [-0.4, -0.2) is 5.92 Å². The number of benzene rings is 6. The molecular weight excluding hydrogens is 911 g/mol. The first kappa shape index (κ1) is 47.0. The number of hydrogen-bond acceptors (Lipinski definition) is 0. The summed E-state index contributed by atoms with van der Waals surface area (Å²) in [6.07, 6.45) is 11.7. The molecule has 6 aromatic rings. The molecule has 0 spiro atoms. The van der Waals surface area contributed by atoms with E-state index >= 15 is 0 Å². The van der Waals surface area contributed by atoms with Crippen molar-refractivity contribution in [3.8, 4) is 44.5 Å². The van der Waals surface area contributed by atoms with Crippen LogP contribution in [0.15, 0.2) is 145 Å². The summed E-state index contributed by atoms with van der Waals surface area (Å²) in [5.41, 5.74) is 21.2. The van der Waals surface area contributed by atoms with Crippen LogP contribution < -0.4 is 0 Å². The van der Waals surface area contributed by atoms with Crippen molar-refractivity contribution in [1.29, 1.82) is 0 Å². The van der Waals surface area contributed by atoms with Crippen molar-refractivity contribution in [2.75, 3.05) is 0 Å². The molecule has 6 aromatic carbocycles. The Morgan fingerprint density at radius 2 is 0.812 bits per heavy atom. The second-order valence-electron chi connectivity index (χ2n) is 21.2.